The summed E-state index contributed by atoms with van der Waals surface area (Å²) in [5, 5.41) is 23.7. The van der Waals surface area contributed by atoms with Gasteiger partial charge in [0, 0.05) is 127 Å². The summed E-state index contributed by atoms with van der Waals surface area (Å²) in [6, 6.07) is 135. The maximum absolute atomic E-state index is 6.98. The molecule has 0 N–H and O–H groups in total. The highest BCUT2D eigenvalue weighted by Crippen LogP contribution is 2.52. The lowest BCUT2D eigenvalue weighted by Gasteiger charge is -2.28. The summed E-state index contributed by atoms with van der Waals surface area (Å²) in [6.45, 7) is 22.2. The minimum absolute atomic E-state index is 0.454. The zero-order valence-corrected chi connectivity index (χ0v) is 79.6. The van der Waals surface area contributed by atoms with Crippen molar-refractivity contribution in [2.24, 2.45) is 0 Å². The van der Waals surface area contributed by atoms with Crippen LogP contribution in [0.25, 0.3) is 197 Å². The molecule has 141 heavy (non-hydrogen) atoms. The summed E-state index contributed by atoms with van der Waals surface area (Å²) in [4.78, 5) is 9.35. The number of furan rings is 7. The van der Waals surface area contributed by atoms with E-state index in [2.05, 4.69) is 429 Å². The molecule has 0 radical (unpaired) electrons. The molecule has 0 aliphatic heterocycles. The molecule has 0 amide bonds. The van der Waals surface area contributed by atoms with Gasteiger partial charge in [-0.05, 0) is 384 Å². The van der Waals surface area contributed by atoms with E-state index in [-0.39, 0.29) is 0 Å². The van der Waals surface area contributed by atoms with E-state index in [1.807, 2.05) is 36.4 Å². The van der Waals surface area contributed by atoms with Gasteiger partial charge in [-0.1, -0.05) is 161 Å². The van der Waals surface area contributed by atoms with Crippen molar-refractivity contribution in [3.63, 3.8) is 0 Å². The monoisotopic (exact) mass is 1820 g/mol. The molecule has 0 fully saturated rings. The van der Waals surface area contributed by atoms with Crippen molar-refractivity contribution in [2.45, 2.75) is 81.1 Å². The number of aryl methyl sites for hydroxylation is 4. The summed E-state index contributed by atoms with van der Waals surface area (Å²) in [5.74, 6) is 0.908. The Morgan fingerprint density at radius 3 is 0.887 bits per heavy atom. The third kappa shape index (κ3) is 13.6. The number of anilines is 12. The van der Waals surface area contributed by atoms with Crippen molar-refractivity contribution in [2.75, 3.05) is 19.6 Å². The predicted molar refractivity (Wildman–Crippen MR) is 589 cm³/mol. The molecule has 0 saturated carbocycles. The molecule has 11 nitrogen and oxygen atoms in total. The van der Waals surface area contributed by atoms with Gasteiger partial charge < -0.3 is 50.5 Å². The summed E-state index contributed by atoms with van der Waals surface area (Å²) in [6.07, 6.45) is 0. The summed E-state index contributed by atoms with van der Waals surface area (Å²) in [5.41, 5.74) is 35.0. The number of para-hydroxylation sites is 5. The number of hydrogen-bond acceptors (Lipinski definition) is 11. The van der Waals surface area contributed by atoms with Crippen molar-refractivity contribution in [1.82, 2.24) is 0 Å². The number of hydrogen-bond donors (Lipinski definition) is 0. The Bertz CT molecular complexity index is 9810. The normalized spacial score (nSPS) is 12.2. The fourth-order valence-corrected chi connectivity index (χ4v) is 21.9. The van der Waals surface area contributed by atoms with Gasteiger partial charge in [0.25, 0.3) is 0 Å². The second kappa shape index (κ2) is 32.0. The van der Waals surface area contributed by atoms with Gasteiger partial charge in [0.05, 0.1) is 16.5 Å². The topological polar surface area (TPSA) is 105 Å². The van der Waals surface area contributed by atoms with Gasteiger partial charge in [0.2, 0.25) is 0 Å². The van der Waals surface area contributed by atoms with Crippen LogP contribution in [0.1, 0.15) is 84.0 Å². The molecule has 676 valence electrons. The molecule has 0 aliphatic carbocycles. The summed E-state index contributed by atoms with van der Waals surface area (Å²) < 4.78 is 46.4. The average molecular weight is 1820 g/mol. The number of nitrogens with zero attached hydrogens (tertiary/aromatic N) is 4. The Balaban J connectivity index is 0.000000142. The predicted octanol–water partition coefficient (Wildman–Crippen LogP) is 39.3. The lowest BCUT2D eigenvalue weighted by Crippen LogP contribution is -2.12. The van der Waals surface area contributed by atoms with Gasteiger partial charge in [0.15, 0.2) is 5.58 Å². The first-order valence-corrected chi connectivity index (χ1v) is 48.6. The highest BCUT2D eigenvalue weighted by atomic mass is 16.4. The molecule has 0 atom stereocenters. The van der Waals surface area contributed by atoms with Gasteiger partial charge in [-0.2, -0.15) is 0 Å². The molecule has 21 aromatic carbocycles. The fourth-order valence-electron chi connectivity index (χ4n) is 21.9. The lowest BCUT2D eigenvalue weighted by atomic mass is 9.99. The molecule has 28 rings (SSSR count). The van der Waals surface area contributed by atoms with Crippen LogP contribution >= 0.6 is 0 Å². The van der Waals surface area contributed by atoms with Crippen LogP contribution in [-0.4, -0.2) is 0 Å². The van der Waals surface area contributed by atoms with E-state index in [9.17, 15) is 0 Å². The van der Waals surface area contributed by atoms with Crippen LogP contribution in [0.15, 0.2) is 407 Å². The first-order valence-electron chi connectivity index (χ1n) is 48.6. The first kappa shape index (κ1) is 82.9. The van der Waals surface area contributed by atoms with Gasteiger partial charge in [-0.25, -0.2) is 0 Å². The van der Waals surface area contributed by atoms with Crippen molar-refractivity contribution < 1.29 is 30.9 Å². The van der Waals surface area contributed by atoms with E-state index in [1.54, 1.807) is 0 Å². The van der Waals surface area contributed by atoms with Crippen LogP contribution < -0.4 is 19.6 Å². The Hall–Kier alpha value is -17.5. The quantitative estimate of drug-likeness (QED) is 0.104. The zero-order chi connectivity index (χ0) is 94.6. The van der Waals surface area contributed by atoms with Crippen molar-refractivity contribution in [1.29, 1.82) is 0 Å². The fraction of sp³-hybridized carbons (Fsp3) is 0.0923. The van der Waals surface area contributed by atoms with Gasteiger partial charge in [0.1, 0.15) is 72.6 Å². The van der Waals surface area contributed by atoms with Crippen LogP contribution in [0.4, 0.5) is 68.2 Å². The zero-order valence-electron chi connectivity index (χ0n) is 79.6. The van der Waals surface area contributed by atoms with E-state index in [4.69, 9.17) is 30.9 Å². The minimum atomic E-state index is 0.454. The standard InChI is InChI=1S/C68H48N2O4.C62H46N2O3/c1-39(2)41-13-19-47(20-14-41)69(48-21-15-42(16-22-48)40(3)4)49-23-18-44-34-59-66(36-46(44)31-49)73-64-30-27-55-56-33-43-17-24-50(32-45(43)35-65(56)74-68(55)67(59)64)70(51-25-28-62-57(37-51)53-9-5-7-11-60(53)71-62)52-26-29-63-58(38-52)54-10-6-8-12-61(54)72-63;1-35-25-48(26-36(2)39(35)5)63(49-27-37(3)40(6)38(4)28-49)46-21-19-42-32-54-59(34-43(42)29-46)65-57-24-23-52-53-31-41-20-22-47(30-44(41)33-58(53)67-62(52)60(54)57)64(45-13-8-7-9-14-45)55-17-12-16-51-50-15-10-11-18-56(50)66-61(51)55/h5-40H,1-4H3;7-34H,1-6H3. The van der Waals surface area contributed by atoms with E-state index >= 15 is 0 Å². The van der Waals surface area contributed by atoms with Crippen LogP contribution in [0.2, 0.25) is 0 Å². The maximum Gasteiger partial charge on any atom is 0.159 e. The SMILES string of the molecule is CC(C)c1ccc(N(c2ccc(C(C)C)cc2)c2ccc3cc4c(cc3c2)oc2ccc3c5cc6ccc(N(c7ccc8oc9ccccc9c8c7)c7ccc8oc9ccccc9c8c7)cc6cc5oc3c24)cc1.Cc1cc(N(c2cc(C)c(C)c(C)c2)c2ccc3cc4c(cc3c2)oc2ccc3c5cc6ccc(N(c7ccccc7)c7cccc8c7oc7ccccc78)cc6cc5oc3c24)cc(C)c1C. The highest BCUT2D eigenvalue weighted by molar-refractivity contribution is 6.27. The Labute approximate surface area is 811 Å². The van der Waals surface area contributed by atoms with E-state index in [0.29, 0.717) is 11.8 Å². The number of rotatable bonds is 14. The third-order valence-corrected chi connectivity index (χ3v) is 29.8. The van der Waals surface area contributed by atoms with Crippen LogP contribution in [0.5, 0.6) is 0 Å². The van der Waals surface area contributed by atoms with Crippen LogP contribution in [0.3, 0.4) is 0 Å². The third-order valence-electron chi connectivity index (χ3n) is 29.8. The molecular weight excluding hydrogens is 1730 g/mol. The van der Waals surface area contributed by atoms with Crippen molar-refractivity contribution in [3.05, 3.63) is 421 Å². The minimum Gasteiger partial charge on any atom is -0.456 e. The molecule has 0 bridgehead atoms. The molecule has 0 unspecified atom stereocenters. The molecule has 7 aromatic heterocycles. The van der Waals surface area contributed by atoms with E-state index in [1.165, 1.54) is 44.5 Å². The van der Waals surface area contributed by atoms with Gasteiger partial charge in [-0.3, -0.25) is 0 Å². The van der Waals surface area contributed by atoms with Crippen molar-refractivity contribution >= 4 is 265 Å². The van der Waals surface area contributed by atoms with Gasteiger partial charge >= 0.3 is 0 Å². The largest absolute Gasteiger partial charge is 0.456 e. The molecule has 7 heterocycles. The smallest absolute Gasteiger partial charge is 0.159 e. The van der Waals surface area contributed by atoms with Crippen LogP contribution in [-0.2, 0) is 0 Å². The van der Waals surface area contributed by atoms with E-state index in [0.717, 1.165) is 265 Å². The Kier molecular flexibility index (Phi) is 18.8. The highest BCUT2D eigenvalue weighted by Gasteiger charge is 2.28. The van der Waals surface area contributed by atoms with Gasteiger partial charge in [-0.15, -0.1) is 0 Å². The molecule has 11 heteroatoms. The molecule has 28 aromatic rings. The second-order valence-electron chi connectivity index (χ2n) is 38.9. The molecular formula is C130H94N4O7. The second-order valence-corrected chi connectivity index (χ2v) is 38.9. The number of fused-ring (bicyclic) bond motifs is 27. The van der Waals surface area contributed by atoms with E-state index < -0.39 is 0 Å². The molecule has 0 aliphatic rings. The summed E-state index contributed by atoms with van der Waals surface area (Å²) >= 11 is 0. The molecule has 0 saturated heterocycles. The maximum atomic E-state index is 6.98. The Morgan fingerprint density at radius 2 is 0.461 bits per heavy atom. The van der Waals surface area contributed by atoms with Crippen LogP contribution in [0, 0.1) is 41.5 Å². The first-order chi connectivity index (χ1) is 68.9. The summed E-state index contributed by atoms with van der Waals surface area (Å²) in [7, 11) is 0. The molecule has 0 spiro atoms. The lowest BCUT2D eigenvalue weighted by molar-refractivity contribution is 0.662. The van der Waals surface area contributed by atoms with Crippen molar-refractivity contribution in [3.8, 4) is 0 Å². The average Bonchev–Trinajstić information content (AvgIpc) is 1.57. The Morgan fingerprint density at radius 1 is 0.170 bits per heavy atom. The number of benzene rings is 21.